The number of carbonyl (C=O) groups is 1. The van der Waals surface area contributed by atoms with E-state index in [2.05, 4.69) is 4.98 Å². The second-order valence-corrected chi connectivity index (χ2v) is 5.06. The van der Waals surface area contributed by atoms with Crippen LogP contribution in [0.5, 0.6) is 11.5 Å². The number of furan rings is 1. The number of hydroxylamine groups is 2. The second-order valence-electron chi connectivity index (χ2n) is 5.06. The molecule has 1 amide bonds. The molecule has 0 unspecified atom stereocenters. The first-order chi connectivity index (χ1) is 11.6. The summed E-state index contributed by atoms with van der Waals surface area (Å²) in [7, 11) is 2.90. The summed E-state index contributed by atoms with van der Waals surface area (Å²) in [6.45, 7) is 0.257. The SMILES string of the molecule is CON(C)C(=O)c1cc2nc(COc3ccc(O)cc3)ccc2o1. The quantitative estimate of drug-likeness (QED) is 0.725. The van der Waals surface area contributed by atoms with Gasteiger partial charge in [0.15, 0.2) is 11.3 Å². The third kappa shape index (κ3) is 3.31. The molecule has 2 heterocycles. The van der Waals surface area contributed by atoms with E-state index in [0.29, 0.717) is 22.5 Å². The van der Waals surface area contributed by atoms with Crippen LogP contribution in [0.4, 0.5) is 0 Å². The van der Waals surface area contributed by atoms with E-state index in [0.717, 1.165) is 5.06 Å². The van der Waals surface area contributed by atoms with Gasteiger partial charge in [0.1, 0.15) is 23.6 Å². The van der Waals surface area contributed by atoms with Gasteiger partial charge in [0, 0.05) is 13.1 Å². The molecule has 7 heteroatoms. The molecule has 0 spiro atoms. The van der Waals surface area contributed by atoms with E-state index in [1.54, 1.807) is 42.5 Å². The first-order valence-corrected chi connectivity index (χ1v) is 7.20. The van der Waals surface area contributed by atoms with E-state index in [1.807, 2.05) is 0 Å². The number of fused-ring (bicyclic) bond motifs is 1. The summed E-state index contributed by atoms with van der Waals surface area (Å²) >= 11 is 0. The Kier molecular flexibility index (Phi) is 4.35. The number of hydrogen-bond donors (Lipinski definition) is 1. The van der Waals surface area contributed by atoms with Crippen molar-refractivity contribution in [1.29, 1.82) is 0 Å². The van der Waals surface area contributed by atoms with Crippen LogP contribution in [0.25, 0.3) is 11.1 Å². The zero-order valence-corrected chi connectivity index (χ0v) is 13.2. The third-order valence-electron chi connectivity index (χ3n) is 3.43. The standard InChI is InChI=1S/C17H16N2O5/c1-19(22-2)17(21)16-9-14-15(24-16)8-3-11(18-14)10-23-13-6-4-12(20)5-7-13/h3-9,20H,10H2,1-2H3. The number of aromatic nitrogens is 1. The van der Waals surface area contributed by atoms with Crippen LogP contribution >= 0.6 is 0 Å². The highest BCUT2D eigenvalue weighted by molar-refractivity contribution is 5.94. The summed E-state index contributed by atoms with van der Waals surface area (Å²) < 4.78 is 11.1. The van der Waals surface area contributed by atoms with Crippen LogP contribution in [0.3, 0.4) is 0 Å². The number of phenolic OH excluding ortho intramolecular Hbond substituents is 1. The average molecular weight is 328 g/mol. The predicted molar refractivity (Wildman–Crippen MR) is 85.6 cm³/mol. The van der Waals surface area contributed by atoms with Crippen molar-refractivity contribution in [2.24, 2.45) is 0 Å². The molecule has 24 heavy (non-hydrogen) atoms. The van der Waals surface area contributed by atoms with Crippen molar-refractivity contribution in [3.05, 3.63) is 53.9 Å². The van der Waals surface area contributed by atoms with Crippen molar-refractivity contribution in [1.82, 2.24) is 10.0 Å². The Morgan fingerprint density at radius 3 is 2.71 bits per heavy atom. The lowest BCUT2D eigenvalue weighted by molar-refractivity contribution is -0.0772. The molecule has 3 rings (SSSR count). The minimum absolute atomic E-state index is 0.151. The van der Waals surface area contributed by atoms with E-state index >= 15 is 0 Å². The van der Waals surface area contributed by atoms with Crippen LogP contribution in [0.15, 0.2) is 46.9 Å². The Morgan fingerprint density at radius 1 is 1.25 bits per heavy atom. The molecule has 0 saturated heterocycles. The van der Waals surface area contributed by atoms with Gasteiger partial charge < -0.3 is 14.3 Å². The van der Waals surface area contributed by atoms with E-state index in [-0.39, 0.29) is 18.1 Å². The highest BCUT2D eigenvalue weighted by Crippen LogP contribution is 2.21. The molecule has 0 atom stereocenters. The zero-order valence-electron chi connectivity index (χ0n) is 13.2. The number of rotatable bonds is 5. The average Bonchev–Trinajstić information content (AvgIpc) is 3.03. The maximum atomic E-state index is 12.0. The van der Waals surface area contributed by atoms with Crippen LogP contribution in [0, 0.1) is 0 Å². The Labute approximate surface area is 138 Å². The van der Waals surface area contributed by atoms with E-state index in [1.165, 1.54) is 14.2 Å². The fraction of sp³-hybridized carbons (Fsp3) is 0.176. The number of aromatic hydroxyl groups is 1. The Balaban J connectivity index is 1.76. The van der Waals surface area contributed by atoms with Gasteiger partial charge >= 0.3 is 5.91 Å². The third-order valence-corrected chi connectivity index (χ3v) is 3.43. The first-order valence-electron chi connectivity index (χ1n) is 7.20. The number of phenols is 1. The van der Waals surface area contributed by atoms with Gasteiger partial charge in [0.05, 0.1) is 12.8 Å². The van der Waals surface area contributed by atoms with Crippen molar-refractivity contribution in [2.75, 3.05) is 14.2 Å². The number of ether oxygens (including phenoxy) is 1. The largest absolute Gasteiger partial charge is 0.508 e. The fourth-order valence-electron chi connectivity index (χ4n) is 2.09. The van der Waals surface area contributed by atoms with Gasteiger partial charge in [-0.05, 0) is 36.4 Å². The van der Waals surface area contributed by atoms with Gasteiger partial charge in [-0.25, -0.2) is 10.0 Å². The number of amides is 1. The lowest BCUT2D eigenvalue weighted by Gasteiger charge is -2.10. The summed E-state index contributed by atoms with van der Waals surface area (Å²) in [6, 6.07) is 11.5. The molecule has 0 saturated carbocycles. The van der Waals surface area contributed by atoms with E-state index in [9.17, 15) is 9.90 Å². The van der Waals surface area contributed by atoms with Crippen molar-refractivity contribution in [2.45, 2.75) is 6.61 Å². The number of hydrogen-bond acceptors (Lipinski definition) is 6. The molecule has 2 aromatic heterocycles. The maximum Gasteiger partial charge on any atom is 0.312 e. The van der Waals surface area contributed by atoms with E-state index < -0.39 is 5.91 Å². The normalized spacial score (nSPS) is 10.8. The first kappa shape index (κ1) is 15.8. The van der Waals surface area contributed by atoms with Crippen LogP contribution in [-0.4, -0.2) is 35.2 Å². The van der Waals surface area contributed by atoms with Gasteiger partial charge in [0.25, 0.3) is 0 Å². The Morgan fingerprint density at radius 2 is 2.00 bits per heavy atom. The van der Waals surface area contributed by atoms with Gasteiger partial charge in [-0.2, -0.15) is 0 Å². The molecule has 3 aromatic rings. The van der Waals surface area contributed by atoms with Gasteiger partial charge in [-0.15, -0.1) is 0 Å². The second kappa shape index (κ2) is 6.59. The van der Waals surface area contributed by atoms with Crippen LogP contribution in [0.1, 0.15) is 16.2 Å². The highest BCUT2D eigenvalue weighted by atomic mass is 16.7. The van der Waals surface area contributed by atoms with Crippen molar-refractivity contribution >= 4 is 17.0 Å². The number of benzene rings is 1. The Hall–Kier alpha value is -3.06. The van der Waals surface area contributed by atoms with Gasteiger partial charge in [-0.3, -0.25) is 9.63 Å². The molecule has 0 fully saturated rings. The summed E-state index contributed by atoms with van der Waals surface area (Å²) in [4.78, 5) is 21.3. The number of carbonyl (C=O) groups excluding carboxylic acids is 1. The zero-order chi connectivity index (χ0) is 17.1. The molecule has 7 nitrogen and oxygen atoms in total. The van der Waals surface area contributed by atoms with Crippen molar-refractivity contribution < 1.29 is 23.9 Å². The van der Waals surface area contributed by atoms with Crippen molar-refractivity contribution in [3.63, 3.8) is 0 Å². The highest BCUT2D eigenvalue weighted by Gasteiger charge is 2.17. The molecule has 1 aromatic carbocycles. The molecule has 1 N–H and O–H groups in total. The van der Waals surface area contributed by atoms with Crippen LogP contribution < -0.4 is 4.74 Å². The van der Waals surface area contributed by atoms with Gasteiger partial charge in [-0.1, -0.05) is 0 Å². The van der Waals surface area contributed by atoms with E-state index in [4.69, 9.17) is 14.0 Å². The van der Waals surface area contributed by atoms with Crippen LogP contribution in [-0.2, 0) is 11.4 Å². The van der Waals surface area contributed by atoms with Crippen molar-refractivity contribution in [3.8, 4) is 11.5 Å². The molecule has 124 valence electrons. The number of pyridine rings is 1. The lowest BCUT2D eigenvalue weighted by Crippen LogP contribution is -2.24. The van der Waals surface area contributed by atoms with Crippen LogP contribution in [0.2, 0.25) is 0 Å². The molecule has 0 radical (unpaired) electrons. The summed E-state index contributed by atoms with van der Waals surface area (Å²) in [5.74, 6) is 0.564. The summed E-state index contributed by atoms with van der Waals surface area (Å²) in [5.41, 5.74) is 1.77. The molecule has 0 bridgehead atoms. The minimum Gasteiger partial charge on any atom is -0.508 e. The lowest BCUT2D eigenvalue weighted by atomic mass is 10.3. The number of nitrogens with zero attached hydrogens (tertiary/aromatic N) is 2. The summed E-state index contributed by atoms with van der Waals surface area (Å²) in [5, 5.41) is 10.3. The Bertz CT molecular complexity index is 857. The summed E-state index contributed by atoms with van der Waals surface area (Å²) in [6.07, 6.45) is 0. The monoisotopic (exact) mass is 328 g/mol. The fourth-order valence-corrected chi connectivity index (χ4v) is 2.09. The molecule has 0 aliphatic rings. The topological polar surface area (TPSA) is 85.0 Å². The smallest absolute Gasteiger partial charge is 0.312 e. The molecule has 0 aliphatic carbocycles. The van der Waals surface area contributed by atoms with Gasteiger partial charge in [0.2, 0.25) is 0 Å². The molecule has 0 aliphatic heterocycles. The minimum atomic E-state index is -0.391. The molecular formula is C17H16N2O5. The maximum absolute atomic E-state index is 12.0. The predicted octanol–water partition coefficient (Wildman–Crippen LogP) is 2.75. The molecular weight excluding hydrogens is 312 g/mol.